The Balaban J connectivity index is 2.31. The van der Waals surface area contributed by atoms with E-state index in [9.17, 15) is 9.90 Å². The lowest BCUT2D eigenvalue weighted by molar-refractivity contribution is -0.138. The molecular formula is C15H13BrClNO2. The van der Waals surface area contributed by atoms with Crippen LogP contribution in [-0.2, 0) is 11.2 Å². The second-order valence-electron chi connectivity index (χ2n) is 4.60. The van der Waals surface area contributed by atoms with E-state index in [2.05, 4.69) is 20.9 Å². The number of carbonyl (C=O) groups is 1. The lowest BCUT2D eigenvalue weighted by atomic mass is 9.95. The number of nitrogens with zero attached hydrogens (tertiary/aromatic N) is 1. The second kappa shape index (κ2) is 6.37. The number of hydrogen-bond acceptors (Lipinski definition) is 2. The van der Waals surface area contributed by atoms with Gasteiger partial charge in [0.25, 0.3) is 0 Å². The zero-order chi connectivity index (χ0) is 14.7. The molecule has 3 nitrogen and oxygen atoms in total. The van der Waals surface area contributed by atoms with Gasteiger partial charge in [0.2, 0.25) is 0 Å². The third kappa shape index (κ3) is 3.58. The van der Waals surface area contributed by atoms with Gasteiger partial charge in [-0.2, -0.15) is 0 Å². The molecule has 0 spiro atoms. The molecule has 20 heavy (non-hydrogen) atoms. The first-order chi connectivity index (χ1) is 9.47. The number of carboxylic acid groups (broad SMARTS) is 1. The molecule has 1 heterocycles. The van der Waals surface area contributed by atoms with Crippen LogP contribution in [-0.4, -0.2) is 16.1 Å². The van der Waals surface area contributed by atoms with Gasteiger partial charge in [-0.15, -0.1) is 0 Å². The van der Waals surface area contributed by atoms with Crippen molar-refractivity contribution >= 4 is 33.5 Å². The number of aryl methyl sites for hydroxylation is 1. The summed E-state index contributed by atoms with van der Waals surface area (Å²) in [4.78, 5) is 15.7. The highest BCUT2D eigenvalue weighted by Gasteiger charge is 2.24. The van der Waals surface area contributed by atoms with Crippen molar-refractivity contribution in [3.63, 3.8) is 0 Å². The van der Waals surface area contributed by atoms with Crippen molar-refractivity contribution < 1.29 is 9.90 Å². The quantitative estimate of drug-likeness (QED) is 0.894. The third-order valence-corrected chi connectivity index (χ3v) is 3.76. The molecule has 0 aliphatic heterocycles. The third-order valence-electron chi connectivity index (χ3n) is 3.02. The van der Waals surface area contributed by atoms with Gasteiger partial charge in [-0.05, 0) is 40.9 Å². The first-order valence-electron chi connectivity index (χ1n) is 6.06. The average molecular weight is 355 g/mol. The lowest BCUT2D eigenvalue weighted by Gasteiger charge is -2.13. The average Bonchev–Trinajstić information content (AvgIpc) is 2.39. The minimum absolute atomic E-state index is 0.360. The maximum absolute atomic E-state index is 11.5. The summed E-state index contributed by atoms with van der Waals surface area (Å²) >= 11 is 9.37. The van der Waals surface area contributed by atoms with Gasteiger partial charge in [0.1, 0.15) is 5.92 Å². The molecule has 0 radical (unpaired) electrons. The molecular weight excluding hydrogens is 342 g/mol. The predicted octanol–water partition coefficient (Wildman–Crippen LogP) is 4.22. The Hall–Kier alpha value is -1.39. The summed E-state index contributed by atoms with van der Waals surface area (Å²) < 4.78 is 0.728. The molecule has 0 aliphatic carbocycles. The fourth-order valence-corrected chi connectivity index (χ4v) is 2.70. The fraction of sp³-hybridized carbons (Fsp3) is 0.200. The molecule has 0 saturated heterocycles. The van der Waals surface area contributed by atoms with Gasteiger partial charge in [0.15, 0.2) is 0 Å². The molecule has 0 aliphatic rings. The summed E-state index contributed by atoms with van der Waals surface area (Å²) in [6, 6.07) is 9.45. The van der Waals surface area contributed by atoms with Crippen LogP contribution < -0.4 is 0 Å². The molecule has 1 aromatic heterocycles. The van der Waals surface area contributed by atoms with E-state index in [1.54, 1.807) is 12.3 Å². The Morgan fingerprint density at radius 1 is 1.40 bits per heavy atom. The van der Waals surface area contributed by atoms with Gasteiger partial charge in [0, 0.05) is 10.7 Å². The van der Waals surface area contributed by atoms with Gasteiger partial charge >= 0.3 is 5.97 Å². The predicted molar refractivity (Wildman–Crippen MR) is 82.2 cm³/mol. The molecule has 0 saturated carbocycles. The summed E-state index contributed by atoms with van der Waals surface area (Å²) in [6.07, 6.45) is 1.93. The van der Waals surface area contributed by atoms with Crippen LogP contribution in [0.5, 0.6) is 0 Å². The van der Waals surface area contributed by atoms with Crippen LogP contribution in [0, 0.1) is 6.92 Å². The van der Waals surface area contributed by atoms with E-state index in [1.807, 2.05) is 31.2 Å². The minimum Gasteiger partial charge on any atom is -0.481 e. The van der Waals surface area contributed by atoms with Crippen molar-refractivity contribution in [2.24, 2.45) is 0 Å². The number of rotatable bonds is 4. The molecule has 104 valence electrons. The van der Waals surface area contributed by atoms with Crippen molar-refractivity contribution in [1.82, 2.24) is 4.98 Å². The SMILES string of the molecule is Cc1ccc(CC(C(=O)O)c2ncc(Br)cc2Cl)cc1. The molecule has 1 N–H and O–H groups in total. The van der Waals surface area contributed by atoms with E-state index in [0.29, 0.717) is 17.1 Å². The van der Waals surface area contributed by atoms with E-state index in [1.165, 1.54) is 0 Å². The number of pyridine rings is 1. The molecule has 1 unspecified atom stereocenters. The second-order valence-corrected chi connectivity index (χ2v) is 5.92. The summed E-state index contributed by atoms with van der Waals surface area (Å²) in [5, 5.41) is 9.79. The first kappa shape index (κ1) is 15.0. The summed E-state index contributed by atoms with van der Waals surface area (Å²) in [6.45, 7) is 1.99. The largest absolute Gasteiger partial charge is 0.481 e. The molecule has 1 aromatic carbocycles. The molecule has 5 heteroatoms. The van der Waals surface area contributed by atoms with Gasteiger partial charge in [-0.25, -0.2) is 0 Å². The van der Waals surface area contributed by atoms with Crippen LogP contribution in [0.2, 0.25) is 5.02 Å². The van der Waals surface area contributed by atoms with Crippen LogP contribution in [0.25, 0.3) is 0 Å². The highest BCUT2D eigenvalue weighted by molar-refractivity contribution is 9.10. The maximum Gasteiger partial charge on any atom is 0.312 e. The van der Waals surface area contributed by atoms with Crippen molar-refractivity contribution in [2.45, 2.75) is 19.3 Å². The van der Waals surface area contributed by atoms with E-state index >= 15 is 0 Å². The van der Waals surface area contributed by atoms with Crippen LogP contribution >= 0.6 is 27.5 Å². The standard InChI is InChI=1S/C15H13BrClNO2/c1-9-2-4-10(5-3-9)6-12(15(19)20)14-13(17)7-11(16)8-18-14/h2-5,7-8,12H,6H2,1H3,(H,19,20). The zero-order valence-electron chi connectivity index (χ0n) is 10.8. The lowest BCUT2D eigenvalue weighted by Crippen LogP contribution is -2.16. The summed E-state index contributed by atoms with van der Waals surface area (Å²) in [7, 11) is 0. The van der Waals surface area contributed by atoms with E-state index in [-0.39, 0.29) is 0 Å². The van der Waals surface area contributed by atoms with E-state index in [4.69, 9.17) is 11.6 Å². The first-order valence-corrected chi connectivity index (χ1v) is 7.24. The fourth-order valence-electron chi connectivity index (χ4n) is 1.94. The Morgan fingerprint density at radius 2 is 2.05 bits per heavy atom. The molecule has 2 aromatic rings. The van der Waals surface area contributed by atoms with Crippen molar-refractivity contribution in [1.29, 1.82) is 0 Å². The van der Waals surface area contributed by atoms with E-state index in [0.717, 1.165) is 15.6 Å². The normalized spacial score (nSPS) is 12.2. The number of halogens is 2. The van der Waals surface area contributed by atoms with Crippen LogP contribution in [0.4, 0.5) is 0 Å². The number of carboxylic acids is 1. The monoisotopic (exact) mass is 353 g/mol. The van der Waals surface area contributed by atoms with Crippen molar-refractivity contribution in [2.75, 3.05) is 0 Å². The van der Waals surface area contributed by atoms with Crippen LogP contribution in [0.3, 0.4) is 0 Å². The summed E-state index contributed by atoms with van der Waals surface area (Å²) in [5.41, 5.74) is 2.48. The molecule has 0 bridgehead atoms. The Kier molecular flexibility index (Phi) is 4.78. The Labute approximate surface area is 130 Å². The smallest absolute Gasteiger partial charge is 0.312 e. The van der Waals surface area contributed by atoms with Gasteiger partial charge < -0.3 is 5.11 Å². The van der Waals surface area contributed by atoms with Crippen molar-refractivity contribution in [3.8, 4) is 0 Å². The van der Waals surface area contributed by atoms with Gasteiger partial charge in [-0.3, -0.25) is 9.78 Å². The number of benzene rings is 1. The highest BCUT2D eigenvalue weighted by atomic mass is 79.9. The highest BCUT2D eigenvalue weighted by Crippen LogP contribution is 2.28. The Morgan fingerprint density at radius 3 is 2.60 bits per heavy atom. The number of hydrogen-bond donors (Lipinski definition) is 1. The number of aliphatic carboxylic acids is 1. The molecule has 1 atom stereocenters. The summed E-state index contributed by atoms with van der Waals surface area (Å²) in [5.74, 6) is -1.68. The molecule has 0 amide bonds. The molecule has 2 rings (SSSR count). The van der Waals surface area contributed by atoms with Crippen LogP contribution in [0.15, 0.2) is 41.0 Å². The van der Waals surface area contributed by atoms with E-state index < -0.39 is 11.9 Å². The van der Waals surface area contributed by atoms with Gasteiger partial charge in [0.05, 0.1) is 10.7 Å². The van der Waals surface area contributed by atoms with Gasteiger partial charge in [-0.1, -0.05) is 41.4 Å². The number of aromatic nitrogens is 1. The zero-order valence-corrected chi connectivity index (χ0v) is 13.1. The maximum atomic E-state index is 11.5. The minimum atomic E-state index is -0.928. The van der Waals surface area contributed by atoms with Crippen LogP contribution in [0.1, 0.15) is 22.7 Å². The molecule has 0 fully saturated rings. The Bertz CT molecular complexity index is 628. The topological polar surface area (TPSA) is 50.2 Å². The van der Waals surface area contributed by atoms with Crippen molar-refractivity contribution in [3.05, 3.63) is 62.8 Å².